The number of benzene rings is 2. The average molecular weight is 330 g/mol. The van der Waals surface area contributed by atoms with E-state index < -0.39 is 0 Å². The first-order valence-electron chi connectivity index (χ1n) is 7.68. The summed E-state index contributed by atoms with van der Waals surface area (Å²) in [6, 6.07) is 13.2. The van der Waals surface area contributed by atoms with Gasteiger partial charge in [-0.15, -0.1) is 0 Å². The van der Waals surface area contributed by atoms with Crippen LogP contribution in [-0.4, -0.2) is 38.0 Å². The molecule has 5 heteroatoms. The molecular formula is C18H20ClN3O. The van der Waals surface area contributed by atoms with Crippen LogP contribution in [0, 0.1) is 0 Å². The van der Waals surface area contributed by atoms with Crippen molar-refractivity contribution >= 4 is 34.6 Å². The van der Waals surface area contributed by atoms with Gasteiger partial charge in [-0.25, -0.2) is 0 Å². The molecule has 1 N–H and O–H groups in total. The molecule has 4 nitrogen and oxygen atoms in total. The lowest BCUT2D eigenvalue weighted by molar-refractivity contribution is 0.0987. The van der Waals surface area contributed by atoms with Crippen molar-refractivity contribution in [1.29, 1.82) is 0 Å². The number of carbonyl (C=O) groups is 1. The summed E-state index contributed by atoms with van der Waals surface area (Å²) in [7, 11) is 4.07. The smallest absolute Gasteiger partial charge is 0.260 e. The summed E-state index contributed by atoms with van der Waals surface area (Å²) >= 11 is 6.14. The second kappa shape index (κ2) is 6.60. The SMILES string of the molecule is CN(C)CCCN1C(=O)c2ccccc2Nc2cc(Cl)ccc21. The van der Waals surface area contributed by atoms with Crippen LogP contribution in [0.4, 0.5) is 17.1 Å². The van der Waals surface area contributed by atoms with Crippen LogP contribution in [0.15, 0.2) is 42.5 Å². The Labute approximate surface area is 141 Å². The second-order valence-corrected chi connectivity index (χ2v) is 6.38. The van der Waals surface area contributed by atoms with Gasteiger partial charge in [0.1, 0.15) is 0 Å². The third kappa shape index (κ3) is 3.33. The van der Waals surface area contributed by atoms with E-state index in [9.17, 15) is 4.79 Å². The zero-order valence-electron chi connectivity index (χ0n) is 13.3. The number of carbonyl (C=O) groups excluding carboxylic acids is 1. The highest BCUT2D eigenvalue weighted by molar-refractivity contribution is 6.31. The number of hydrogen-bond donors (Lipinski definition) is 1. The molecule has 0 atom stereocenters. The van der Waals surface area contributed by atoms with Gasteiger partial charge in [0.2, 0.25) is 0 Å². The van der Waals surface area contributed by atoms with E-state index in [2.05, 4.69) is 10.2 Å². The number of amides is 1. The highest BCUT2D eigenvalue weighted by Crippen LogP contribution is 2.37. The van der Waals surface area contributed by atoms with Crippen LogP contribution in [-0.2, 0) is 0 Å². The molecule has 0 spiro atoms. The molecule has 1 aliphatic rings. The van der Waals surface area contributed by atoms with Crippen molar-refractivity contribution in [2.75, 3.05) is 37.4 Å². The molecule has 2 aromatic carbocycles. The Hall–Kier alpha value is -2.04. The summed E-state index contributed by atoms with van der Waals surface area (Å²) in [4.78, 5) is 17.0. The monoisotopic (exact) mass is 329 g/mol. The second-order valence-electron chi connectivity index (χ2n) is 5.95. The van der Waals surface area contributed by atoms with E-state index in [0.29, 0.717) is 17.1 Å². The maximum atomic E-state index is 13.0. The Morgan fingerprint density at radius 2 is 1.91 bits per heavy atom. The first-order chi connectivity index (χ1) is 11.1. The topological polar surface area (TPSA) is 35.6 Å². The Kier molecular flexibility index (Phi) is 4.55. The lowest BCUT2D eigenvalue weighted by atomic mass is 10.1. The lowest BCUT2D eigenvalue weighted by Gasteiger charge is -2.23. The number of para-hydroxylation sites is 1. The number of fused-ring (bicyclic) bond motifs is 2. The predicted octanol–water partition coefficient (Wildman–Crippen LogP) is 4.00. The minimum atomic E-state index is 0.0212. The van der Waals surface area contributed by atoms with Crippen molar-refractivity contribution in [3.05, 3.63) is 53.1 Å². The normalized spacial score (nSPS) is 13.4. The van der Waals surface area contributed by atoms with Crippen LogP contribution in [0.3, 0.4) is 0 Å². The third-order valence-corrected chi connectivity index (χ3v) is 4.14. The zero-order chi connectivity index (χ0) is 16.4. The van der Waals surface area contributed by atoms with Gasteiger partial charge in [0, 0.05) is 11.6 Å². The van der Waals surface area contributed by atoms with E-state index in [1.54, 1.807) is 0 Å². The molecule has 1 aliphatic heterocycles. The Balaban J connectivity index is 2.01. The van der Waals surface area contributed by atoms with E-state index in [1.807, 2.05) is 61.5 Å². The van der Waals surface area contributed by atoms with Crippen LogP contribution in [0.5, 0.6) is 0 Å². The maximum absolute atomic E-state index is 13.0. The molecule has 2 aromatic rings. The standard InChI is InChI=1S/C18H20ClN3O/c1-21(2)10-5-11-22-17-9-8-13(19)12-16(17)20-15-7-4-3-6-14(15)18(22)23/h3-4,6-9,12,20H,5,10-11H2,1-2H3. The minimum Gasteiger partial charge on any atom is -0.353 e. The van der Waals surface area contributed by atoms with Crippen molar-refractivity contribution in [3.63, 3.8) is 0 Å². The van der Waals surface area contributed by atoms with Gasteiger partial charge in [-0.2, -0.15) is 0 Å². The average Bonchev–Trinajstić information content (AvgIpc) is 2.62. The molecule has 0 unspecified atom stereocenters. The molecule has 1 heterocycles. The van der Waals surface area contributed by atoms with Crippen LogP contribution < -0.4 is 10.2 Å². The van der Waals surface area contributed by atoms with Crippen LogP contribution in [0.1, 0.15) is 16.8 Å². The first kappa shape index (κ1) is 15.8. The van der Waals surface area contributed by atoms with E-state index in [-0.39, 0.29) is 5.91 Å². The third-order valence-electron chi connectivity index (χ3n) is 3.91. The number of rotatable bonds is 4. The van der Waals surface area contributed by atoms with Crippen molar-refractivity contribution < 1.29 is 4.79 Å². The molecule has 0 bridgehead atoms. The molecule has 1 amide bonds. The molecule has 3 rings (SSSR count). The van der Waals surface area contributed by atoms with E-state index in [0.717, 1.165) is 30.0 Å². The Morgan fingerprint density at radius 1 is 1.13 bits per heavy atom. The number of nitrogens with zero attached hydrogens (tertiary/aromatic N) is 2. The predicted molar refractivity (Wildman–Crippen MR) is 96.0 cm³/mol. The van der Waals surface area contributed by atoms with Gasteiger partial charge in [-0.3, -0.25) is 4.79 Å². The van der Waals surface area contributed by atoms with Crippen LogP contribution in [0.2, 0.25) is 5.02 Å². The largest absolute Gasteiger partial charge is 0.353 e. The fourth-order valence-corrected chi connectivity index (χ4v) is 2.96. The van der Waals surface area contributed by atoms with Crippen LogP contribution >= 0.6 is 11.6 Å². The van der Waals surface area contributed by atoms with E-state index >= 15 is 0 Å². The van der Waals surface area contributed by atoms with Gasteiger partial charge >= 0.3 is 0 Å². The molecular weight excluding hydrogens is 310 g/mol. The number of anilines is 3. The van der Waals surface area contributed by atoms with Crippen molar-refractivity contribution in [2.45, 2.75) is 6.42 Å². The number of hydrogen-bond acceptors (Lipinski definition) is 3. The number of halogens is 1. The van der Waals surface area contributed by atoms with Gasteiger partial charge in [0.05, 0.1) is 22.6 Å². The van der Waals surface area contributed by atoms with Gasteiger partial charge < -0.3 is 15.1 Å². The molecule has 120 valence electrons. The quantitative estimate of drug-likeness (QED) is 0.921. The summed E-state index contributed by atoms with van der Waals surface area (Å²) in [6.07, 6.45) is 0.906. The van der Waals surface area contributed by atoms with Crippen molar-refractivity contribution in [3.8, 4) is 0 Å². The number of nitrogens with one attached hydrogen (secondary N) is 1. The molecule has 0 aromatic heterocycles. The lowest BCUT2D eigenvalue weighted by Crippen LogP contribution is -2.33. The van der Waals surface area contributed by atoms with Crippen molar-refractivity contribution in [1.82, 2.24) is 4.90 Å². The zero-order valence-corrected chi connectivity index (χ0v) is 14.1. The molecule has 0 aliphatic carbocycles. The van der Waals surface area contributed by atoms with Crippen LogP contribution in [0.25, 0.3) is 0 Å². The summed E-state index contributed by atoms with van der Waals surface area (Å²) in [5, 5.41) is 4.00. The molecule has 0 radical (unpaired) electrons. The maximum Gasteiger partial charge on any atom is 0.260 e. The van der Waals surface area contributed by atoms with Crippen molar-refractivity contribution in [2.24, 2.45) is 0 Å². The summed E-state index contributed by atoms with van der Waals surface area (Å²) in [5.41, 5.74) is 3.23. The highest BCUT2D eigenvalue weighted by Gasteiger charge is 2.26. The molecule has 23 heavy (non-hydrogen) atoms. The Morgan fingerprint density at radius 3 is 2.70 bits per heavy atom. The van der Waals surface area contributed by atoms with E-state index in [4.69, 9.17) is 11.6 Å². The first-order valence-corrected chi connectivity index (χ1v) is 8.06. The molecule has 0 saturated heterocycles. The summed E-state index contributed by atoms with van der Waals surface area (Å²) < 4.78 is 0. The van der Waals surface area contributed by atoms with Gasteiger partial charge in [0.15, 0.2) is 0 Å². The van der Waals surface area contributed by atoms with Gasteiger partial charge in [0.25, 0.3) is 5.91 Å². The fraction of sp³-hybridized carbons (Fsp3) is 0.278. The van der Waals surface area contributed by atoms with Gasteiger partial charge in [-0.1, -0.05) is 23.7 Å². The van der Waals surface area contributed by atoms with E-state index in [1.165, 1.54) is 0 Å². The summed E-state index contributed by atoms with van der Waals surface area (Å²) in [5.74, 6) is 0.0212. The highest BCUT2D eigenvalue weighted by atomic mass is 35.5. The van der Waals surface area contributed by atoms with Gasteiger partial charge in [-0.05, 0) is 57.4 Å². The molecule has 0 fully saturated rings. The fourth-order valence-electron chi connectivity index (χ4n) is 2.79. The minimum absolute atomic E-state index is 0.0212. The molecule has 0 saturated carbocycles. The Bertz CT molecular complexity index is 730. The summed E-state index contributed by atoms with van der Waals surface area (Å²) in [6.45, 7) is 1.60.